The van der Waals surface area contributed by atoms with Gasteiger partial charge in [0, 0.05) is 13.1 Å². The first-order valence-corrected chi connectivity index (χ1v) is 7.17. The topological polar surface area (TPSA) is 15.3 Å². The number of likely N-dealkylation sites (tertiary alicyclic amines) is 1. The molecule has 2 nitrogen and oxygen atoms in total. The van der Waals surface area contributed by atoms with Crippen molar-refractivity contribution in [2.45, 2.75) is 31.6 Å². The van der Waals surface area contributed by atoms with Crippen molar-refractivity contribution in [1.82, 2.24) is 10.2 Å². The molecule has 2 heteroatoms. The molecular formula is C16H26N2. The summed E-state index contributed by atoms with van der Waals surface area (Å²) in [6.45, 7) is 5.80. The number of hydrogen-bond donors (Lipinski definition) is 1. The van der Waals surface area contributed by atoms with Gasteiger partial charge in [-0.1, -0.05) is 31.2 Å². The second-order valence-corrected chi connectivity index (χ2v) is 5.58. The van der Waals surface area contributed by atoms with Crippen LogP contribution in [0.3, 0.4) is 0 Å². The van der Waals surface area contributed by atoms with Gasteiger partial charge in [0.1, 0.15) is 0 Å². The standard InChI is InChI=1S/C16H26N2/c1-4-13(11-17-2)14-6-5-7-15(10-14)16-8-9-18(3)12-16/h5-7,10,13,16-17H,4,8-9,11-12H2,1-3H3. The zero-order valence-electron chi connectivity index (χ0n) is 11.9. The monoisotopic (exact) mass is 246 g/mol. The van der Waals surface area contributed by atoms with Crippen molar-refractivity contribution in [1.29, 1.82) is 0 Å². The van der Waals surface area contributed by atoms with Crippen LogP contribution in [-0.4, -0.2) is 38.6 Å². The quantitative estimate of drug-likeness (QED) is 0.859. The minimum Gasteiger partial charge on any atom is -0.319 e. The molecule has 0 aliphatic carbocycles. The van der Waals surface area contributed by atoms with Crippen LogP contribution in [0.25, 0.3) is 0 Å². The Bertz CT molecular complexity index is 356. The molecule has 100 valence electrons. The lowest BCUT2D eigenvalue weighted by Gasteiger charge is -2.18. The summed E-state index contributed by atoms with van der Waals surface area (Å²) in [5.41, 5.74) is 3.03. The van der Waals surface area contributed by atoms with Gasteiger partial charge in [-0.2, -0.15) is 0 Å². The maximum Gasteiger partial charge on any atom is 0.00477 e. The summed E-state index contributed by atoms with van der Waals surface area (Å²) in [7, 11) is 4.26. The van der Waals surface area contributed by atoms with E-state index in [-0.39, 0.29) is 0 Å². The Labute approximate surface area is 111 Å². The maximum absolute atomic E-state index is 3.31. The van der Waals surface area contributed by atoms with E-state index in [2.05, 4.69) is 48.5 Å². The highest BCUT2D eigenvalue weighted by Gasteiger charge is 2.21. The number of benzene rings is 1. The minimum absolute atomic E-state index is 0.647. The summed E-state index contributed by atoms with van der Waals surface area (Å²) < 4.78 is 0. The van der Waals surface area contributed by atoms with Gasteiger partial charge in [-0.25, -0.2) is 0 Å². The van der Waals surface area contributed by atoms with Crippen LogP contribution >= 0.6 is 0 Å². The number of nitrogens with one attached hydrogen (secondary N) is 1. The van der Waals surface area contributed by atoms with Crippen molar-refractivity contribution >= 4 is 0 Å². The van der Waals surface area contributed by atoms with E-state index in [1.165, 1.54) is 37.1 Å². The fraction of sp³-hybridized carbons (Fsp3) is 0.625. The highest BCUT2D eigenvalue weighted by atomic mass is 15.1. The van der Waals surface area contributed by atoms with Crippen molar-refractivity contribution in [3.8, 4) is 0 Å². The van der Waals surface area contributed by atoms with Gasteiger partial charge in [0.05, 0.1) is 0 Å². The molecule has 1 aliphatic rings. The number of nitrogens with zero attached hydrogens (tertiary/aromatic N) is 1. The highest BCUT2D eigenvalue weighted by molar-refractivity contribution is 5.30. The van der Waals surface area contributed by atoms with Gasteiger partial charge in [0.25, 0.3) is 0 Å². The van der Waals surface area contributed by atoms with Crippen LogP contribution in [0.2, 0.25) is 0 Å². The molecule has 1 aromatic rings. The van der Waals surface area contributed by atoms with Crippen LogP contribution in [0.15, 0.2) is 24.3 Å². The van der Waals surface area contributed by atoms with Gasteiger partial charge in [-0.15, -0.1) is 0 Å². The van der Waals surface area contributed by atoms with Gasteiger partial charge in [0.2, 0.25) is 0 Å². The molecule has 0 amide bonds. The Kier molecular flexibility index (Phi) is 4.79. The lowest BCUT2D eigenvalue weighted by molar-refractivity contribution is 0.411. The van der Waals surface area contributed by atoms with Gasteiger partial charge >= 0.3 is 0 Å². The molecule has 0 spiro atoms. The first-order valence-electron chi connectivity index (χ1n) is 7.17. The third-order valence-corrected chi connectivity index (χ3v) is 4.19. The van der Waals surface area contributed by atoms with E-state index in [1.54, 1.807) is 0 Å². The van der Waals surface area contributed by atoms with Crippen LogP contribution in [0, 0.1) is 0 Å². The van der Waals surface area contributed by atoms with Crippen molar-refractivity contribution in [3.05, 3.63) is 35.4 Å². The van der Waals surface area contributed by atoms with Gasteiger partial charge in [0.15, 0.2) is 0 Å². The summed E-state index contributed by atoms with van der Waals surface area (Å²) in [5.74, 6) is 1.39. The largest absolute Gasteiger partial charge is 0.319 e. The van der Waals surface area contributed by atoms with Crippen LogP contribution in [-0.2, 0) is 0 Å². The van der Waals surface area contributed by atoms with E-state index in [9.17, 15) is 0 Å². The molecule has 2 rings (SSSR count). The fourth-order valence-electron chi connectivity index (χ4n) is 3.02. The molecule has 1 saturated heterocycles. The molecule has 0 radical (unpaired) electrons. The van der Waals surface area contributed by atoms with Crippen LogP contribution < -0.4 is 5.32 Å². The molecule has 1 aromatic carbocycles. The summed E-state index contributed by atoms with van der Waals surface area (Å²) >= 11 is 0. The SMILES string of the molecule is CCC(CNC)c1cccc(C2CCN(C)C2)c1. The summed E-state index contributed by atoms with van der Waals surface area (Å²) in [6, 6.07) is 9.27. The van der Waals surface area contributed by atoms with Crippen molar-refractivity contribution in [2.24, 2.45) is 0 Å². The van der Waals surface area contributed by atoms with E-state index in [0.717, 1.165) is 12.5 Å². The Morgan fingerprint density at radius 2 is 2.28 bits per heavy atom. The van der Waals surface area contributed by atoms with Gasteiger partial charge in [-0.3, -0.25) is 0 Å². The lowest BCUT2D eigenvalue weighted by atomic mass is 9.90. The van der Waals surface area contributed by atoms with E-state index < -0.39 is 0 Å². The third kappa shape index (κ3) is 3.12. The Hall–Kier alpha value is -0.860. The molecule has 0 saturated carbocycles. The van der Waals surface area contributed by atoms with Gasteiger partial charge < -0.3 is 10.2 Å². The minimum atomic E-state index is 0.647. The Balaban J connectivity index is 2.13. The van der Waals surface area contributed by atoms with Crippen LogP contribution in [0.1, 0.15) is 42.7 Å². The first kappa shape index (κ1) is 13.6. The Morgan fingerprint density at radius 1 is 1.44 bits per heavy atom. The molecule has 1 aliphatic heterocycles. The van der Waals surface area contributed by atoms with E-state index in [4.69, 9.17) is 0 Å². The average Bonchev–Trinajstić information content (AvgIpc) is 2.83. The zero-order valence-corrected chi connectivity index (χ0v) is 11.9. The molecule has 2 unspecified atom stereocenters. The normalized spacial score (nSPS) is 22.3. The molecule has 1 N–H and O–H groups in total. The average molecular weight is 246 g/mol. The maximum atomic E-state index is 3.31. The molecule has 0 aromatic heterocycles. The van der Waals surface area contributed by atoms with Crippen LogP contribution in [0.4, 0.5) is 0 Å². The predicted molar refractivity (Wildman–Crippen MR) is 78.3 cm³/mol. The van der Waals surface area contributed by atoms with E-state index in [0.29, 0.717) is 5.92 Å². The highest BCUT2D eigenvalue weighted by Crippen LogP contribution is 2.29. The molecular weight excluding hydrogens is 220 g/mol. The number of rotatable bonds is 5. The van der Waals surface area contributed by atoms with E-state index in [1.807, 2.05) is 7.05 Å². The first-order chi connectivity index (χ1) is 8.74. The molecule has 1 fully saturated rings. The fourth-order valence-corrected chi connectivity index (χ4v) is 3.02. The van der Waals surface area contributed by atoms with Gasteiger partial charge in [-0.05, 0) is 56.4 Å². The predicted octanol–water partition coefficient (Wildman–Crippen LogP) is 2.82. The second-order valence-electron chi connectivity index (χ2n) is 5.58. The van der Waals surface area contributed by atoms with Crippen molar-refractivity contribution in [3.63, 3.8) is 0 Å². The van der Waals surface area contributed by atoms with Crippen molar-refractivity contribution in [2.75, 3.05) is 33.7 Å². The molecule has 1 heterocycles. The molecule has 2 atom stereocenters. The molecule has 0 bridgehead atoms. The lowest BCUT2D eigenvalue weighted by Crippen LogP contribution is -2.17. The summed E-state index contributed by atoms with van der Waals surface area (Å²) in [6.07, 6.45) is 2.51. The smallest absolute Gasteiger partial charge is 0.00477 e. The third-order valence-electron chi connectivity index (χ3n) is 4.19. The molecule has 18 heavy (non-hydrogen) atoms. The second kappa shape index (κ2) is 6.35. The summed E-state index contributed by atoms with van der Waals surface area (Å²) in [5, 5.41) is 3.31. The number of likely N-dealkylation sites (N-methyl/N-ethyl adjacent to an activating group) is 2. The van der Waals surface area contributed by atoms with Crippen molar-refractivity contribution < 1.29 is 0 Å². The summed E-state index contributed by atoms with van der Waals surface area (Å²) in [4.78, 5) is 2.43. The number of hydrogen-bond acceptors (Lipinski definition) is 2. The zero-order chi connectivity index (χ0) is 13.0. The van der Waals surface area contributed by atoms with Crippen LogP contribution in [0.5, 0.6) is 0 Å². The van der Waals surface area contributed by atoms with E-state index >= 15 is 0 Å². The Morgan fingerprint density at radius 3 is 2.89 bits per heavy atom.